The van der Waals surface area contributed by atoms with Crippen LogP contribution < -0.4 is 5.32 Å². The molecule has 3 nitrogen and oxygen atoms in total. The predicted octanol–water partition coefficient (Wildman–Crippen LogP) is 3.47. The van der Waals surface area contributed by atoms with E-state index in [9.17, 15) is 0 Å². The number of nitrogens with zero attached hydrogens (tertiary/aromatic N) is 2. The zero-order valence-corrected chi connectivity index (χ0v) is 13.6. The van der Waals surface area contributed by atoms with Crippen molar-refractivity contribution in [3.05, 3.63) is 52.8 Å². The van der Waals surface area contributed by atoms with Gasteiger partial charge < -0.3 is 5.32 Å². The molecule has 0 aliphatic heterocycles. The molecule has 1 unspecified atom stereocenters. The molecule has 4 heteroatoms. The lowest BCUT2D eigenvalue weighted by Gasteiger charge is -2.18. The van der Waals surface area contributed by atoms with Gasteiger partial charge in [0.25, 0.3) is 0 Å². The van der Waals surface area contributed by atoms with Gasteiger partial charge in [-0.25, -0.2) is 0 Å². The van der Waals surface area contributed by atoms with Gasteiger partial charge in [0.2, 0.25) is 0 Å². The van der Waals surface area contributed by atoms with Gasteiger partial charge >= 0.3 is 0 Å². The van der Waals surface area contributed by atoms with Crippen LogP contribution in [-0.2, 0) is 19.9 Å². The Hall–Kier alpha value is -1.32. The first-order valence-electron chi connectivity index (χ1n) is 7.60. The molecule has 1 heterocycles. The molecule has 2 aromatic rings. The first-order valence-corrected chi connectivity index (χ1v) is 7.98. The Morgan fingerprint density at radius 3 is 2.76 bits per heavy atom. The second kappa shape index (κ2) is 8.20. The lowest BCUT2D eigenvalue weighted by atomic mass is 9.93. The molecule has 21 heavy (non-hydrogen) atoms. The molecular weight excluding hydrogens is 282 g/mol. The van der Waals surface area contributed by atoms with Gasteiger partial charge in [0.1, 0.15) is 0 Å². The molecule has 2 rings (SSSR count). The van der Waals surface area contributed by atoms with Gasteiger partial charge in [-0.2, -0.15) is 5.10 Å². The fourth-order valence-corrected chi connectivity index (χ4v) is 2.80. The number of nitrogens with one attached hydrogen (secondary N) is 1. The molecule has 1 atom stereocenters. The first-order chi connectivity index (χ1) is 10.2. The third-order valence-electron chi connectivity index (χ3n) is 3.61. The summed E-state index contributed by atoms with van der Waals surface area (Å²) >= 11 is 6.30. The molecular formula is C17H24ClN3. The number of rotatable bonds is 8. The van der Waals surface area contributed by atoms with Crippen LogP contribution in [0.3, 0.4) is 0 Å². The van der Waals surface area contributed by atoms with E-state index in [1.165, 1.54) is 11.1 Å². The fourth-order valence-electron chi connectivity index (χ4n) is 2.59. The normalized spacial score (nSPS) is 12.5. The van der Waals surface area contributed by atoms with Gasteiger partial charge in [-0.1, -0.05) is 36.7 Å². The summed E-state index contributed by atoms with van der Waals surface area (Å²) in [5, 5.41) is 8.66. The van der Waals surface area contributed by atoms with E-state index in [0.717, 1.165) is 37.4 Å². The van der Waals surface area contributed by atoms with E-state index in [1.54, 1.807) is 0 Å². The van der Waals surface area contributed by atoms with Crippen LogP contribution in [0, 0.1) is 5.92 Å². The fraction of sp³-hybridized carbons (Fsp3) is 0.471. The summed E-state index contributed by atoms with van der Waals surface area (Å²) in [5.74, 6) is 0.528. The summed E-state index contributed by atoms with van der Waals surface area (Å²) in [4.78, 5) is 0. The summed E-state index contributed by atoms with van der Waals surface area (Å²) in [6, 6.07) is 8.13. The maximum atomic E-state index is 6.30. The zero-order chi connectivity index (χ0) is 15.1. The van der Waals surface area contributed by atoms with E-state index in [-0.39, 0.29) is 0 Å². The number of benzene rings is 1. The molecule has 0 aliphatic rings. The van der Waals surface area contributed by atoms with E-state index in [2.05, 4.69) is 35.7 Å². The minimum absolute atomic E-state index is 0.528. The molecule has 1 aromatic carbocycles. The standard InChI is InChI=1S/C17H24ClN3/c1-3-8-19-11-14(9-15-12-20-21(2)13-15)10-16-6-4-5-7-17(16)18/h4-7,12-14,19H,3,8-11H2,1-2H3. The highest BCUT2D eigenvalue weighted by atomic mass is 35.5. The molecule has 1 aromatic heterocycles. The van der Waals surface area contributed by atoms with Crippen molar-refractivity contribution in [1.82, 2.24) is 15.1 Å². The lowest BCUT2D eigenvalue weighted by molar-refractivity contribution is 0.470. The summed E-state index contributed by atoms with van der Waals surface area (Å²) < 4.78 is 1.86. The SMILES string of the molecule is CCCNCC(Cc1cnn(C)c1)Cc1ccccc1Cl. The van der Waals surface area contributed by atoms with Gasteiger partial charge in [-0.3, -0.25) is 4.68 Å². The molecule has 0 amide bonds. The van der Waals surface area contributed by atoms with Crippen molar-refractivity contribution in [3.63, 3.8) is 0 Å². The topological polar surface area (TPSA) is 29.9 Å². The average Bonchev–Trinajstić information content (AvgIpc) is 2.87. The number of halogens is 1. The molecule has 114 valence electrons. The summed E-state index contributed by atoms with van der Waals surface area (Å²) in [5.41, 5.74) is 2.51. The zero-order valence-electron chi connectivity index (χ0n) is 12.8. The second-order valence-corrected chi connectivity index (χ2v) is 6.00. The number of hydrogen-bond donors (Lipinski definition) is 1. The third-order valence-corrected chi connectivity index (χ3v) is 3.98. The molecule has 0 radical (unpaired) electrons. The van der Waals surface area contributed by atoms with Crippen molar-refractivity contribution < 1.29 is 0 Å². The number of hydrogen-bond acceptors (Lipinski definition) is 2. The van der Waals surface area contributed by atoms with E-state index >= 15 is 0 Å². The van der Waals surface area contributed by atoms with Crippen LogP contribution in [0.1, 0.15) is 24.5 Å². The quantitative estimate of drug-likeness (QED) is 0.757. The van der Waals surface area contributed by atoms with Crippen LogP contribution >= 0.6 is 11.6 Å². The molecule has 0 saturated heterocycles. The van der Waals surface area contributed by atoms with Gasteiger partial charge in [-0.15, -0.1) is 0 Å². The van der Waals surface area contributed by atoms with E-state index in [4.69, 9.17) is 11.6 Å². The van der Waals surface area contributed by atoms with E-state index in [0.29, 0.717) is 5.92 Å². The smallest absolute Gasteiger partial charge is 0.0521 e. The average molecular weight is 306 g/mol. The Bertz CT molecular complexity index is 550. The van der Waals surface area contributed by atoms with Crippen molar-refractivity contribution in [3.8, 4) is 0 Å². The Kier molecular flexibility index (Phi) is 6.27. The van der Waals surface area contributed by atoms with Gasteiger partial charge in [0.05, 0.1) is 6.20 Å². The van der Waals surface area contributed by atoms with Crippen molar-refractivity contribution in [2.24, 2.45) is 13.0 Å². The highest BCUT2D eigenvalue weighted by Gasteiger charge is 2.13. The van der Waals surface area contributed by atoms with Gasteiger partial charge in [0.15, 0.2) is 0 Å². The predicted molar refractivity (Wildman–Crippen MR) is 88.7 cm³/mol. The molecule has 0 bridgehead atoms. The Labute approximate surface area is 132 Å². The van der Waals surface area contributed by atoms with Crippen LogP contribution in [0.25, 0.3) is 0 Å². The van der Waals surface area contributed by atoms with Crippen LogP contribution in [0.15, 0.2) is 36.7 Å². The van der Waals surface area contributed by atoms with Crippen molar-refractivity contribution in [2.45, 2.75) is 26.2 Å². The third kappa shape index (κ3) is 5.18. The molecule has 0 saturated carbocycles. The van der Waals surface area contributed by atoms with Crippen LogP contribution in [0.2, 0.25) is 5.02 Å². The number of aromatic nitrogens is 2. The van der Waals surface area contributed by atoms with Gasteiger partial charge in [0, 0.05) is 18.3 Å². The Balaban J connectivity index is 2.02. The highest BCUT2D eigenvalue weighted by Crippen LogP contribution is 2.20. The van der Waals surface area contributed by atoms with E-state index < -0.39 is 0 Å². The minimum atomic E-state index is 0.528. The molecule has 0 aliphatic carbocycles. The van der Waals surface area contributed by atoms with Crippen LogP contribution in [-0.4, -0.2) is 22.9 Å². The second-order valence-electron chi connectivity index (χ2n) is 5.59. The largest absolute Gasteiger partial charge is 0.316 e. The molecule has 1 N–H and O–H groups in total. The van der Waals surface area contributed by atoms with Crippen molar-refractivity contribution >= 4 is 11.6 Å². The maximum Gasteiger partial charge on any atom is 0.0521 e. The summed E-state index contributed by atoms with van der Waals surface area (Å²) in [6.45, 7) is 4.26. The van der Waals surface area contributed by atoms with Crippen LogP contribution in [0.5, 0.6) is 0 Å². The highest BCUT2D eigenvalue weighted by molar-refractivity contribution is 6.31. The summed E-state index contributed by atoms with van der Waals surface area (Å²) in [7, 11) is 1.96. The van der Waals surface area contributed by atoms with Crippen molar-refractivity contribution in [2.75, 3.05) is 13.1 Å². The first kappa shape index (κ1) is 16.1. The maximum absolute atomic E-state index is 6.30. The van der Waals surface area contributed by atoms with E-state index in [1.807, 2.05) is 30.1 Å². The summed E-state index contributed by atoms with van der Waals surface area (Å²) in [6.07, 6.45) is 7.23. The Morgan fingerprint density at radius 2 is 2.10 bits per heavy atom. The molecule has 0 fully saturated rings. The van der Waals surface area contributed by atoms with Crippen molar-refractivity contribution in [1.29, 1.82) is 0 Å². The monoisotopic (exact) mass is 305 g/mol. The van der Waals surface area contributed by atoms with Gasteiger partial charge in [-0.05, 0) is 55.5 Å². The number of aryl methyl sites for hydroxylation is 1. The minimum Gasteiger partial charge on any atom is -0.316 e. The Morgan fingerprint density at radius 1 is 1.29 bits per heavy atom. The van der Waals surface area contributed by atoms with Crippen LogP contribution in [0.4, 0.5) is 0 Å². The molecule has 0 spiro atoms. The lowest BCUT2D eigenvalue weighted by Crippen LogP contribution is -2.26.